The minimum absolute atomic E-state index is 0.0640. The van der Waals surface area contributed by atoms with Gasteiger partial charge in [0.15, 0.2) is 0 Å². The first-order valence-corrected chi connectivity index (χ1v) is 9.14. The van der Waals surface area contributed by atoms with E-state index in [4.69, 9.17) is 9.47 Å². The minimum Gasteiger partial charge on any atom is -0.497 e. The average Bonchev–Trinajstić information content (AvgIpc) is 2.97. The summed E-state index contributed by atoms with van der Waals surface area (Å²) < 4.78 is 10.6. The lowest BCUT2D eigenvalue weighted by Crippen LogP contribution is -2.38. The number of rotatable bonds is 7. The van der Waals surface area contributed by atoms with Gasteiger partial charge in [0.25, 0.3) is 17.5 Å². The normalized spacial score (nSPS) is 13.8. The lowest BCUT2D eigenvalue weighted by molar-refractivity contribution is -0.384. The highest BCUT2D eigenvalue weighted by molar-refractivity contribution is 6.36. The number of nitro groups is 1. The van der Waals surface area contributed by atoms with Crippen LogP contribution in [-0.2, 0) is 9.59 Å². The zero-order chi connectivity index (χ0) is 22.0. The number of nitro benzene ring substituents is 1. The van der Waals surface area contributed by atoms with E-state index in [1.165, 1.54) is 38.5 Å². The van der Waals surface area contributed by atoms with Crippen LogP contribution in [-0.4, -0.2) is 41.9 Å². The second-order valence-electron chi connectivity index (χ2n) is 6.82. The molecule has 0 spiro atoms. The van der Waals surface area contributed by atoms with Gasteiger partial charge in [-0.1, -0.05) is 0 Å². The molecule has 2 aromatic rings. The van der Waals surface area contributed by atoms with Gasteiger partial charge in [-0.2, -0.15) is 0 Å². The van der Waals surface area contributed by atoms with Crippen molar-refractivity contribution in [1.82, 2.24) is 4.90 Å². The lowest BCUT2D eigenvalue weighted by atomic mass is 10.0. The Morgan fingerprint density at radius 3 is 2.20 bits per heavy atom. The molecule has 0 radical (unpaired) electrons. The Hall–Kier alpha value is -3.88. The van der Waals surface area contributed by atoms with Crippen LogP contribution in [0.1, 0.15) is 19.4 Å². The highest BCUT2D eigenvalue weighted by Crippen LogP contribution is 2.36. The van der Waals surface area contributed by atoms with Gasteiger partial charge in [-0.15, -0.1) is 0 Å². The Balaban J connectivity index is 2.14. The lowest BCUT2D eigenvalue weighted by Gasteiger charge is -2.19. The molecule has 1 aliphatic heterocycles. The van der Waals surface area contributed by atoms with Crippen LogP contribution in [0.5, 0.6) is 11.5 Å². The van der Waals surface area contributed by atoms with Crippen molar-refractivity contribution in [2.45, 2.75) is 19.9 Å². The predicted molar refractivity (Wildman–Crippen MR) is 110 cm³/mol. The van der Waals surface area contributed by atoms with E-state index in [0.29, 0.717) is 22.7 Å². The van der Waals surface area contributed by atoms with E-state index in [-0.39, 0.29) is 23.0 Å². The summed E-state index contributed by atoms with van der Waals surface area (Å²) in [6, 6.07) is 10.1. The van der Waals surface area contributed by atoms with Crippen LogP contribution in [0.3, 0.4) is 0 Å². The fourth-order valence-corrected chi connectivity index (χ4v) is 3.20. The number of non-ortho nitro benzene ring substituents is 1. The Bertz CT molecular complexity index is 1040. The Labute approximate surface area is 173 Å². The zero-order valence-electron chi connectivity index (χ0n) is 17.0. The van der Waals surface area contributed by atoms with E-state index in [1.54, 1.807) is 32.0 Å². The van der Waals surface area contributed by atoms with Crippen LogP contribution in [0.25, 0.3) is 5.57 Å². The summed E-state index contributed by atoms with van der Waals surface area (Å²) in [5.41, 5.74) is 0.924. The van der Waals surface area contributed by atoms with Crippen LogP contribution in [0.15, 0.2) is 48.2 Å². The predicted octanol–water partition coefficient (Wildman–Crippen LogP) is 3.21. The number of ether oxygens (including phenoxy) is 2. The third kappa shape index (κ3) is 3.69. The quantitative estimate of drug-likeness (QED) is 0.423. The number of amides is 2. The van der Waals surface area contributed by atoms with Crippen molar-refractivity contribution in [2.75, 3.05) is 19.5 Å². The maximum atomic E-state index is 13.1. The van der Waals surface area contributed by atoms with Gasteiger partial charge in [0.2, 0.25) is 0 Å². The van der Waals surface area contributed by atoms with Crippen molar-refractivity contribution in [1.29, 1.82) is 0 Å². The largest absolute Gasteiger partial charge is 0.497 e. The molecule has 0 unspecified atom stereocenters. The maximum absolute atomic E-state index is 13.1. The van der Waals surface area contributed by atoms with Gasteiger partial charge < -0.3 is 14.8 Å². The Kier molecular flexibility index (Phi) is 5.72. The molecule has 1 aliphatic rings. The molecule has 9 heteroatoms. The number of carbonyl (C=O) groups is 2. The fourth-order valence-electron chi connectivity index (χ4n) is 3.20. The summed E-state index contributed by atoms with van der Waals surface area (Å²) in [6.07, 6.45) is 0. The molecule has 9 nitrogen and oxygen atoms in total. The van der Waals surface area contributed by atoms with Gasteiger partial charge >= 0.3 is 0 Å². The molecular formula is C21H21N3O6. The zero-order valence-corrected chi connectivity index (χ0v) is 17.0. The monoisotopic (exact) mass is 411 g/mol. The van der Waals surface area contributed by atoms with Crippen molar-refractivity contribution in [3.8, 4) is 11.5 Å². The van der Waals surface area contributed by atoms with Crippen molar-refractivity contribution >= 4 is 28.8 Å². The van der Waals surface area contributed by atoms with Crippen molar-refractivity contribution in [3.05, 3.63) is 63.8 Å². The van der Waals surface area contributed by atoms with Crippen LogP contribution in [0.4, 0.5) is 11.4 Å². The van der Waals surface area contributed by atoms with Crippen molar-refractivity contribution in [2.24, 2.45) is 0 Å². The van der Waals surface area contributed by atoms with Gasteiger partial charge in [0.05, 0.1) is 30.4 Å². The number of methoxy groups -OCH3 is 2. The molecule has 3 rings (SSSR count). The number of carbonyl (C=O) groups excluding carboxylic acids is 2. The smallest absolute Gasteiger partial charge is 0.278 e. The molecule has 0 atom stereocenters. The third-order valence-electron chi connectivity index (χ3n) is 4.66. The van der Waals surface area contributed by atoms with Gasteiger partial charge in [0, 0.05) is 24.2 Å². The van der Waals surface area contributed by atoms with E-state index < -0.39 is 16.7 Å². The minimum atomic E-state index is -0.527. The number of imide groups is 1. The summed E-state index contributed by atoms with van der Waals surface area (Å²) in [4.78, 5) is 37.7. The standard InChI is InChI=1S/C21H21N3O6/c1-12(2)23-20(25)18(13-5-7-14(8-6-13)24(27)28)19(21(23)26)22-16-11-15(29-3)9-10-17(16)30-4/h5-12,22H,1-4H3. The Morgan fingerprint density at radius 1 is 1.00 bits per heavy atom. The first kappa shape index (κ1) is 20.8. The summed E-state index contributed by atoms with van der Waals surface area (Å²) in [7, 11) is 3.00. The van der Waals surface area contributed by atoms with Crippen molar-refractivity contribution in [3.63, 3.8) is 0 Å². The SMILES string of the molecule is COc1ccc(OC)c(NC2=C(c3ccc([N+](=O)[O-])cc3)C(=O)N(C(C)C)C2=O)c1. The van der Waals surface area contributed by atoms with Crippen LogP contribution >= 0.6 is 0 Å². The number of benzene rings is 2. The number of nitrogens with zero attached hydrogens (tertiary/aromatic N) is 2. The van der Waals surface area contributed by atoms with Gasteiger partial charge in [-0.25, -0.2) is 0 Å². The van der Waals surface area contributed by atoms with E-state index in [1.807, 2.05) is 0 Å². The summed E-state index contributed by atoms with van der Waals surface area (Å²) >= 11 is 0. The number of hydrogen-bond acceptors (Lipinski definition) is 7. The maximum Gasteiger partial charge on any atom is 0.278 e. The second kappa shape index (κ2) is 8.24. The van der Waals surface area contributed by atoms with Gasteiger partial charge in [-0.05, 0) is 43.7 Å². The summed E-state index contributed by atoms with van der Waals surface area (Å²) in [5, 5.41) is 14.0. The fraction of sp³-hybridized carbons (Fsp3) is 0.238. The van der Waals surface area contributed by atoms with E-state index >= 15 is 0 Å². The molecular weight excluding hydrogens is 390 g/mol. The first-order valence-electron chi connectivity index (χ1n) is 9.14. The van der Waals surface area contributed by atoms with Crippen molar-refractivity contribution < 1.29 is 24.0 Å². The summed E-state index contributed by atoms with van der Waals surface area (Å²) in [5.74, 6) is 0.0179. The number of hydrogen-bond donors (Lipinski definition) is 1. The summed E-state index contributed by atoms with van der Waals surface area (Å²) in [6.45, 7) is 3.47. The molecule has 1 N–H and O–H groups in total. The number of anilines is 1. The van der Waals surface area contributed by atoms with Gasteiger partial charge in [0.1, 0.15) is 17.2 Å². The highest BCUT2D eigenvalue weighted by Gasteiger charge is 2.41. The van der Waals surface area contributed by atoms with Crippen LogP contribution < -0.4 is 14.8 Å². The molecule has 0 bridgehead atoms. The van der Waals surface area contributed by atoms with Crippen LogP contribution in [0.2, 0.25) is 0 Å². The molecule has 0 fully saturated rings. The second-order valence-corrected chi connectivity index (χ2v) is 6.82. The molecule has 1 heterocycles. The molecule has 156 valence electrons. The number of nitrogens with one attached hydrogen (secondary N) is 1. The van der Waals surface area contributed by atoms with Gasteiger partial charge in [-0.3, -0.25) is 24.6 Å². The Morgan fingerprint density at radius 2 is 1.67 bits per heavy atom. The van der Waals surface area contributed by atoms with E-state index in [0.717, 1.165) is 4.90 Å². The molecule has 2 amide bonds. The molecule has 0 saturated carbocycles. The average molecular weight is 411 g/mol. The molecule has 2 aromatic carbocycles. The van der Waals surface area contributed by atoms with E-state index in [2.05, 4.69) is 5.32 Å². The molecule has 30 heavy (non-hydrogen) atoms. The third-order valence-corrected chi connectivity index (χ3v) is 4.66. The topological polar surface area (TPSA) is 111 Å². The highest BCUT2D eigenvalue weighted by atomic mass is 16.6. The first-order chi connectivity index (χ1) is 14.3. The van der Waals surface area contributed by atoms with Crippen LogP contribution in [0, 0.1) is 10.1 Å². The molecule has 0 saturated heterocycles. The molecule has 0 aromatic heterocycles. The van der Waals surface area contributed by atoms with E-state index in [9.17, 15) is 19.7 Å². The molecule has 0 aliphatic carbocycles.